The minimum atomic E-state index is -0.397. The van der Waals surface area contributed by atoms with Crippen LogP contribution in [0.3, 0.4) is 0 Å². The van der Waals surface area contributed by atoms with Gasteiger partial charge in [0.1, 0.15) is 0 Å². The van der Waals surface area contributed by atoms with Gasteiger partial charge in [-0.15, -0.1) is 0 Å². The Morgan fingerprint density at radius 2 is 2.05 bits per heavy atom. The molecule has 6 heteroatoms. The van der Waals surface area contributed by atoms with Gasteiger partial charge in [0.05, 0.1) is 12.1 Å². The predicted molar refractivity (Wildman–Crippen MR) is 70.4 cm³/mol. The maximum atomic E-state index is 12.2. The summed E-state index contributed by atoms with van der Waals surface area (Å²) in [5.74, 6) is 0.576. The first kappa shape index (κ1) is 14.3. The number of nitrogens with one attached hydrogen (secondary N) is 2. The van der Waals surface area contributed by atoms with Gasteiger partial charge < -0.3 is 20.6 Å². The second kappa shape index (κ2) is 6.34. The SMILES string of the molecule is CC(=O)NCC1CCN(C(=O)C2CC(O)CN2)CC1. The molecule has 2 aliphatic heterocycles. The van der Waals surface area contributed by atoms with Crippen LogP contribution in [-0.4, -0.2) is 60.1 Å². The van der Waals surface area contributed by atoms with Gasteiger partial charge in [-0.2, -0.15) is 0 Å². The molecule has 2 atom stereocenters. The van der Waals surface area contributed by atoms with E-state index < -0.39 is 6.10 Å². The van der Waals surface area contributed by atoms with Crippen LogP contribution >= 0.6 is 0 Å². The van der Waals surface area contributed by atoms with E-state index in [9.17, 15) is 14.7 Å². The van der Waals surface area contributed by atoms with Crippen molar-refractivity contribution in [3.8, 4) is 0 Å². The number of aliphatic hydroxyl groups excluding tert-OH is 1. The molecule has 0 bridgehead atoms. The van der Waals surface area contributed by atoms with Gasteiger partial charge in [-0.3, -0.25) is 9.59 Å². The molecule has 3 N–H and O–H groups in total. The largest absolute Gasteiger partial charge is 0.392 e. The van der Waals surface area contributed by atoms with Crippen molar-refractivity contribution in [3.05, 3.63) is 0 Å². The van der Waals surface area contributed by atoms with E-state index in [1.165, 1.54) is 6.92 Å². The summed E-state index contributed by atoms with van der Waals surface area (Å²) >= 11 is 0. The highest BCUT2D eigenvalue weighted by Crippen LogP contribution is 2.19. The average molecular weight is 269 g/mol. The summed E-state index contributed by atoms with van der Waals surface area (Å²) in [6.45, 7) is 4.23. The van der Waals surface area contributed by atoms with Crippen LogP contribution < -0.4 is 10.6 Å². The number of hydrogen-bond acceptors (Lipinski definition) is 4. The van der Waals surface area contributed by atoms with Crippen molar-refractivity contribution in [3.63, 3.8) is 0 Å². The summed E-state index contributed by atoms with van der Waals surface area (Å²) in [5, 5.41) is 15.3. The number of hydrogen-bond donors (Lipinski definition) is 3. The molecule has 6 nitrogen and oxygen atoms in total. The van der Waals surface area contributed by atoms with Crippen molar-refractivity contribution in [1.29, 1.82) is 0 Å². The predicted octanol–water partition coefficient (Wildman–Crippen LogP) is -0.916. The van der Waals surface area contributed by atoms with Crippen molar-refractivity contribution in [1.82, 2.24) is 15.5 Å². The molecule has 0 saturated carbocycles. The third-order valence-corrected chi connectivity index (χ3v) is 3.97. The highest BCUT2D eigenvalue weighted by molar-refractivity contribution is 5.82. The van der Waals surface area contributed by atoms with Crippen molar-refractivity contribution in [2.24, 2.45) is 5.92 Å². The molecule has 0 aromatic rings. The zero-order chi connectivity index (χ0) is 13.8. The zero-order valence-corrected chi connectivity index (χ0v) is 11.4. The maximum Gasteiger partial charge on any atom is 0.239 e. The molecule has 2 amide bonds. The summed E-state index contributed by atoms with van der Waals surface area (Å²) in [6, 6.07) is -0.220. The highest BCUT2D eigenvalue weighted by atomic mass is 16.3. The van der Waals surface area contributed by atoms with E-state index >= 15 is 0 Å². The van der Waals surface area contributed by atoms with Gasteiger partial charge in [0, 0.05) is 33.1 Å². The Bertz CT molecular complexity index is 340. The molecule has 0 aromatic heterocycles. The second-order valence-corrected chi connectivity index (χ2v) is 5.56. The Morgan fingerprint density at radius 1 is 1.37 bits per heavy atom. The molecule has 0 aliphatic carbocycles. The van der Waals surface area contributed by atoms with Gasteiger partial charge in [0.25, 0.3) is 0 Å². The number of aliphatic hydroxyl groups is 1. The Labute approximate surface area is 113 Å². The highest BCUT2D eigenvalue weighted by Gasteiger charge is 2.32. The van der Waals surface area contributed by atoms with Gasteiger partial charge in [0.2, 0.25) is 11.8 Å². The van der Waals surface area contributed by atoms with Gasteiger partial charge in [-0.25, -0.2) is 0 Å². The second-order valence-electron chi connectivity index (χ2n) is 5.56. The van der Waals surface area contributed by atoms with Crippen LogP contribution in [0.1, 0.15) is 26.2 Å². The fourth-order valence-electron chi connectivity index (χ4n) is 2.77. The van der Waals surface area contributed by atoms with Crippen molar-refractivity contribution in [2.75, 3.05) is 26.2 Å². The van der Waals surface area contributed by atoms with Gasteiger partial charge >= 0.3 is 0 Å². The summed E-state index contributed by atoms with van der Waals surface area (Å²) in [6.07, 6.45) is 1.99. The summed E-state index contributed by atoms with van der Waals surface area (Å²) < 4.78 is 0. The fourth-order valence-corrected chi connectivity index (χ4v) is 2.77. The van der Waals surface area contributed by atoms with Crippen molar-refractivity contribution < 1.29 is 14.7 Å². The van der Waals surface area contributed by atoms with Crippen LogP contribution in [0.25, 0.3) is 0 Å². The fraction of sp³-hybridized carbons (Fsp3) is 0.846. The van der Waals surface area contributed by atoms with Crippen molar-refractivity contribution in [2.45, 2.75) is 38.3 Å². The number of nitrogens with zero attached hydrogens (tertiary/aromatic N) is 1. The molecular formula is C13H23N3O3. The van der Waals surface area contributed by atoms with E-state index in [2.05, 4.69) is 10.6 Å². The molecule has 0 radical (unpaired) electrons. The molecule has 2 rings (SSSR count). The van der Waals surface area contributed by atoms with E-state index in [0.717, 1.165) is 25.9 Å². The van der Waals surface area contributed by atoms with Crippen LogP contribution in [0.2, 0.25) is 0 Å². The Morgan fingerprint density at radius 3 is 2.58 bits per heavy atom. The average Bonchev–Trinajstić information content (AvgIpc) is 2.83. The normalized spacial score (nSPS) is 28.4. The Kier molecular flexibility index (Phi) is 4.76. The van der Waals surface area contributed by atoms with Crippen LogP contribution in [0.5, 0.6) is 0 Å². The van der Waals surface area contributed by atoms with Gasteiger partial charge in [0.15, 0.2) is 0 Å². The van der Waals surface area contributed by atoms with Crippen LogP contribution in [0.15, 0.2) is 0 Å². The molecular weight excluding hydrogens is 246 g/mol. The van der Waals surface area contributed by atoms with Gasteiger partial charge in [-0.05, 0) is 25.2 Å². The number of rotatable bonds is 3. The zero-order valence-electron chi connectivity index (χ0n) is 11.4. The molecule has 2 unspecified atom stereocenters. The lowest BCUT2D eigenvalue weighted by molar-refractivity contribution is -0.134. The summed E-state index contributed by atoms with van der Waals surface area (Å²) in [5.41, 5.74) is 0. The third kappa shape index (κ3) is 3.91. The molecule has 2 fully saturated rings. The monoisotopic (exact) mass is 269 g/mol. The minimum Gasteiger partial charge on any atom is -0.392 e. The first-order chi connectivity index (χ1) is 9.06. The number of carbonyl (C=O) groups is 2. The number of carbonyl (C=O) groups excluding carboxylic acids is 2. The molecule has 108 valence electrons. The van der Waals surface area contributed by atoms with E-state index in [4.69, 9.17) is 0 Å². The molecule has 2 aliphatic rings. The molecule has 2 heterocycles. The number of β-amino-alcohol motifs (C(OH)–C–C–N with tert-alkyl or cyclic N) is 1. The standard InChI is InChI=1S/C13H23N3O3/c1-9(17)14-7-10-2-4-16(5-3-10)13(19)12-6-11(18)8-15-12/h10-12,15,18H,2-8H2,1H3,(H,14,17). The lowest BCUT2D eigenvalue weighted by atomic mass is 9.96. The molecule has 2 saturated heterocycles. The quantitative estimate of drug-likeness (QED) is 0.619. The van der Waals surface area contributed by atoms with E-state index in [0.29, 0.717) is 25.4 Å². The molecule has 19 heavy (non-hydrogen) atoms. The Balaban J connectivity index is 1.73. The van der Waals surface area contributed by atoms with E-state index in [1.54, 1.807) is 0 Å². The summed E-state index contributed by atoms with van der Waals surface area (Å²) in [4.78, 5) is 24.9. The van der Waals surface area contributed by atoms with Crippen LogP contribution in [0, 0.1) is 5.92 Å². The first-order valence-electron chi connectivity index (χ1n) is 7.01. The molecule has 0 aromatic carbocycles. The van der Waals surface area contributed by atoms with Gasteiger partial charge in [-0.1, -0.05) is 0 Å². The van der Waals surface area contributed by atoms with Crippen LogP contribution in [-0.2, 0) is 9.59 Å². The van der Waals surface area contributed by atoms with Crippen molar-refractivity contribution >= 4 is 11.8 Å². The first-order valence-corrected chi connectivity index (χ1v) is 7.01. The Hall–Kier alpha value is -1.14. The number of amides is 2. The third-order valence-electron chi connectivity index (χ3n) is 3.97. The number of likely N-dealkylation sites (tertiary alicyclic amines) is 1. The lowest BCUT2D eigenvalue weighted by Crippen LogP contribution is -2.48. The van der Waals surface area contributed by atoms with E-state index in [-0.39, 0.29) is 17.9 Å². The smallest absolute Gasteiger partial charge is 0.239 e. The van der Waals surface area contributed by atoms with E-state index in [1.807, 2.05) is 4.90 Å². The maximum absolute atomic E-state index is 12.2. The molecule has 0 spiro atoms. The lowest BCUT2D eigenvalue weighted by Gasteiger charge is -2.33. The van der Waals surface area contributed by atoms with Crippen LogP contribution in [0.4, 0.5) is 0 Å². The topological polar surface area (TPSA) is 81.7 Å². The number of piperidine rings is 1. The summed E-state index contributed by atoms with van der Waals surface area (Å²) in [7, 11) is 0. The minimum absolute atomic E-state index is 0.00245.